The number of rotatable bonds is 3. The topological polar surface area (TPSA) is 137 Å². The van der Waals surface area contributed by atoms with Crippen LogP contribution < -0.4 is 22.2 Å². The van der Waals surface area contributed by atoms with E-state index in [9.17, 15) is 4.79 Å². The van der Waals surface area contributed by atoms with E-state index in [2.05, 4.69) is 15.1 Å². The molecule has 0 aliphatic heterocycles. The molecule has 1 rings (SSSR count). The molecule has 0 aromatic carbocycles. The van der Waals surface area contributed by atoms with Crippen LogP contribution in [0.4, 0.5) is 5.82 Å². The molecule has 9 heteroatoms. The largest absolute Gasteiger partial charge is 0.380 e. The number of amides is 1. The molecule has 0 unspecified atom stereocenters. The van der Waals surface area contributed by atoms with Gasteiger partial charge >= 0.3 is 0 Å². The van der Waals surface area contributed by atoms with Gasteiger partial charge in [0.15, 0.2) is 22.5 Å². The van der Waals surface area contributed by atoms with Crippen LogP contribution >= 0.6 is 11.6 Å². The summed E-state index contributed by atoms with van der Waals surface area (Å²) >= 11 is 5.85. The van der Waals surface area contributed by atoms with Gasteiger partial charge in [0.2, 0.25) is 0 Å². The minimum atomic E-state index is -0.814. The first kappa shape index (κ1) is 13.0. The molecule has 0 bridgehead atoms. The molecule has 0 saturated carbocycles. The summed E-state index contributed by atoms with van der Waals surface area (Å²) in [6.45, 7) is 0. The lowest BCUT2D eigenvalue weighted by Gasteiger charge is -2.14. The van der Waals surface area contributed by atoms with Gasteiger partial charge in [-0.15, -0.1) is 0 Å². The molecular weight excluding hydrogens is 246 g/mol. The minimum Gasteiger partial charge on any atom is -0.380 e. The van der Waals surface area contributed by atoms with Crippen molar-refractivity contribution in [3.8, 4) is 0 Å². The number of carbonyl (C=O) groups excluding carboxylic acids is 1. The molecule has 6 N–H and O–H groups in total. The van der Waals surface area contributed by atoms with E-state index in [0.717, 1.165) is 0 Å². The fourth-order valence-electron chi connectivity index (χ4n) is 1.10. The van der Waals surface area contributed by atoms with Crippen molar-refractivity contribution in [2.75, 3.05) is 19.0 Å². The van der Waals surface area contributed by atoms with Crippen molar-refractivity contribution in [1.82, 2.24) is 9.97 Å². The predicted molar refractivity (Wildman–Crippen MR) is 64.8 cm³/mol. The van der Waals surface area contributed by atoms with E-state index in [1.165, 1.54) is 0 Å². The Bertz CT molecular complexity index is 485. The molecule has 0 fully saturated rings. The highest BCUT2D eigenvalue weighted by Gasteiger charge is 2.19. The third-order valence-corrected chi connectivity index (χ3v) is 2.13. The molecule has 1 aromatic heterocycles. The van der Waals surface area contributed by atoms with Gasteiger partial charge in [0.05, 0.1) is 0 Å². The van der Waals surface area contributed by atoms with Crippen LogP contribution in [0.2, 0.25) is 5.15 Å². The highest BCUT2D eigenvalue weighted by atomic mass is 35.5. The van der Waals surface area contributed by atoms with Crippen molar-refractivity contribution >= 4 is 29.2 Å². The molecule has 17 heavy (non-hydrogen) atoms. The number of nitrogens with zero attached hydrogens (tertiary/aromatic N) is 4. The molecule has 0 spiro atoms. The summed E-state index contributed by atoms with van der Waals surface area (Å²) in [6.07, 6.45) is 0. The van der Waals surface area contributed by atoms with E-state index >= 15 is 0 Å². The quantitative estimate of drug-likeness (QED) is 0.271. The molecular formula is C8H12ClN7O. The van der Waals surface area contributed by atoms with Crippen molar-refractivity contribution in [3.63, 3.8) is 0 Å². The summed E-state index contributed by atoms with van der Waals surface area (Å²) in [5.41, 5.74) is 10.5. The fraction of sp³-hybridized carbons (Fsp3) is 0.250. The average Bonchev–Trinajstić information content (AvgIpc) is 2.26. The predicted octanol–water partition coefficient (Wildman–Crippen LogP) is -1.13. The Hall–Kier alpha value is -2.09. The van der Waals surface area contributed by atoms with Gasteiger partial charge < -0.3 is 22.2 Å². The van der Waals surface area contributed by atoms with Crippen molar-refractivity contribution in [1.29, 1.82) is 0 Å². The van der Waals surface area contributed by atoms with Crippen LogP contribution in [-0.2, 0) is 0 Å². The maximum Gasteiger partial charge on any atom is 0.269 e. The van der Waals surface area contributed by atoms with Crippen LogP contribution in [-0.4, -0.2) is 35.8 Å². The molecule has 1 aromatic rings. The number of aromatic nitrogens is 2. The van der Waals surface area contributed by atoms with Crippen LogP contribution in [0.15, 0.2) is 5.10 Å². The van der Waals surface area contributed by atoms with Gasteiger partial charge in [-0.3, -0.25) is 4.79 Å². The zero-order chi connectivity index (χ0) is 13.2. The van der Waals surface area contributed by atoms with Crippen LogP contribution in [0.25, 0.3) is 0 Å². The summed E-state index contributed by atoms with van der Waals surface area (Å²) in [5.74, 6) is 4.40. The SMILES string of the molecule is CN(C)c1nc(C(N)=NN)c(C(N)=O)nc1Cl. The number of hydrogen-bond acceptors (Lipinski definition) is 6. The normalized spacial score (nSPS) is 11.4. The summed E-state index contributed by atoms with van der Waals surface area (Å²) in [6, 6.07) is 0. The van der Waals surface area contributed by atoms with E-state index in [1.807, 2.05) is 0 Å². The molecule has 1 heterocycles. The van der Waals surface area contributed by atoms with Gasteiger partial charge in [0, 0.05) is 14.1 Å². The molecule has 8 nitrogen and oxygen atoms in total. The molecule has 92 valence electrons. The number of hydrogen-bond donors (Lipinski definition) is 3. The number of carbonyl (C=O) groups is 1. The summed E-state index contributed by atoms with van der Waals surface area (Å²) in [7, 11) is 3.42. The van der Waals surface area contributed by atoms with E-state index in [4.69, 9.17) is 28.9 Å². The molecule has 0 radical (unpaired) electrons. The molecule has 0 aliphatic carbocycles. The maximum atomic E-state index is 11.2. The van der Waals surface area contributed by atoms with Gasteiger partial charge in [-0.1, -0.05) is 11.6 Å². The van der Waals surface area contributed by atoms with Gasteiger partial charge in [-0.05, 0) is 0 Å². The number of amidine groups is 1. The molecule has 0 aliphatic rings. The Kier molecular flexibility index (Phi) is 3.69. The smallest absolute Gasteiger partial charge is 0.269 e. The summed E-state index contributed by atoms with van der Waals surface area (Å²) in [4.78, 5) is 20.7. The highest BCUT2D eigenvalue weighted by molar-refractivity contribution is 6.32. The number of primary amides is 1. The Morgan fingerprint density at radius 3 is 2.29 bits per heavy atom. The number of anilines is 1. The van der Waals surface area contributed by atoms with E-state index < -0.39 is 5.91 Å². The van der Waals surface area contributed by atoms with E-state index in [-0.39, 0.29) is 22.4 Å². The van der Waals surface area contributed by atoms with Crippen LogP contribution in [0.1, 0.15) is 16.2 Å². The van der Waals surface area contributed by atoms with Gasteiger partial charge in [-0.2, -0.15) is 5.10 Å². The lowest BCUT2D eigenvalue weighted by Crippen LogP contribution is -2.27. The average molecular weight is 258 g/mol. The van der Waals surface area contributed by atoms with Gasteiger partial charge in [0.25, 0.3) is 5.91 Å². The van der Waals surface area contributed by atoms with E-state index in [1.54, 1.807) is 19.0 Å². The summed E-state index contributed by atoms with van der Waals surface area (Å²) in [5, 5.41) is 3.29. The number of hydrazone groups is 1. The lowest BCUT2D eigenvalue weighted by molar-refractivity contribution is 0.0995. The first-order valence-corrected chi connectivity index (χ1v) is 4.84. The highest BCUT2D eigenvalue weighted by Crippen LogP contribution is 2.21. The zero-order valence-corrected chi connectivity index (χ0v) is 10.1. The van der Waals surface area contributed by atoms with Crippen molar-refractivity contribution in [2.45, 2.75) is 0 Å². The van der Waals surface area contributed by atoms with Crippen LogP contribution in [0.3, 0.4) is 0 Å². The Labute approximate surface area is 102 Å². The van der Waals surface area contributed by atoms with Crippen LogP contribution in [0.5, 0.6) is 0 Å². The van der Waals surface area contributed by atoms with Gasteiger partial charge in [-0.25, -0.2) is 9.97 Å². The van der Waals surface area contributed by atoms with Crippen molar-refractivity contribution in [2.24, 2.45) is 22.4 Å². The van der Waals surface area contributed by atoms with Crippen LogP contribution in [0, 0.1) is 0 Å². The maximum absolute atomic E-state index is 11.2. The third-order valence-electron chi connectivity index (χ3n) is 1.88. The Morgan fingerprint density at radius 1 is 1.29 bits per heavy atom. The minimum absolute atomic E-state index is 0.00750. The molecule has 1 amide bonds. The van der Waals surface area contributed by atoms with E-state index in [0.29, 0.717) is 5.82 Å². The van der Waals surface area contributed by atoms with Crippen molar-refractivity contribution < 1.29 is 4.79 Å². The second kappa shape index (κ2) is 4.83. The number of halogens is 1. The Balaban J connectivity index is 3.53. The first-order chi connectivity index (χ1) is 7.88. The zero-order valence-electron chi connectivity index (χ0n) is 9.31. The number of nitrogens with two attached hydrogens (primary N) is 3. The monoisotopic (exact) mass is 257 g/mol. The fourth-order valence-corrected chi connectivity index (χ4v) is 1.40. The van der Waals surface area contributed by atoms with Crippen molar-refractivity contribution in [3.05, 3.63) is 16.5 Å². The third kappa shape index (κ3) is 2.53. The van der Waals surface area contributed by atoms with Gasteiger partial charge in [0.1, 0.15) is 5.69 Å². The molecule has 0 saturated heterocycles. The first-order valence-electron chi connectivity index (χ1n) is 4.46. The Morgan fingerprint density at radius 2 is 1.88 bits per heavy atom. The second-order valence-electron chi connectivity index (χ2n) is 3.31. The standard InChI is InChI=1S/C8H12ClN7O/c1-16(2)8-5(9)13-4(7(11)17)3(14-8)6(10)15-12/h12H2,1-2H3,(H2,10,15)(H2,11,17). The summed E-state index contributed by atoms with van der Waals surface area (Å²) < 4.78 is 0. The second-order valence-corrected chi connectivity index (χ2v) is 3.67. The molecule has 0 atom stereocenters. The lowest BCUT2D eigenvalue weighted by atomic mass is 10.2.